The van der Waals surface area contributed by atoms with Crippen molar-refractivity contribution in [3.63, 3.8) is 0 Å². The summed E-state index contributed by atoms with van der Waals surface area (Å²) in [5, 5.41) is 22.4. The Labute approximate surface area is 169 Å². The van der Waals surface area contributed by atoms with Gasteiger partial charge in [-0.15, -0.1) is 0 Å². The molecule has 1 aliphatic rings. The molecule has 0 N–H and O–H groups in total. The molecule has 0 bridgehead atoms. The molecule has 3 rings (SSSR count). The first-order valence-corrected chi connectivity index (χ1v) is 9.35. The summed E-state index contributed by atoms with van der Waals surface area (Å²) in [6, 6.07) is 13.3. The molecular weight excluding hydrogens is 400 g/mol. The predicted octanol–water partition coefficient (Wildman–Crippen LogP) is 2.16. The van der Waals surface area contributed by atoms with E-state index in [0.29, 0.717) is 5.56 Å². The number of nitrogens with zero attached hydrogens (tertiary/aromatic N) is 2. The van der Waals surface area contributed by atoms with Crippen molar-refractivity contribution >= 4 is 51.9 Å². The second-order valence-corrected chi connectivity index (χ2v) is 7.60. The highest BCUT2D eigenvalue weighted by molar-refractivity contribution is 8.26. The summed E-state index contributed by atoms with van der Waals surface area (Å²) in [6.07, 6.45) is 1.60. The van der Waals surface area contributed by atoms with Crippen LogP contribution in [0.3, 0.4) is 0 Å². The maximum atomic E-state index is 12.8. The molecule has 0 aromatic heterocycles. The third kappa shape index (κ3) is 4.26. The first-order valence-electron chi connectivity index (χ1n) is 8.13. The van der Waals surface area contributed by atoms with Crippen molar-refractivity contribution in [2.24, 2.45) is 0 Å². The monoisotopic (exact) mass is 413 g/mol. The van der Waals surface area contributed by atoms with E-state index in [0.717, 1.165) is 22.2 Å². The SMILES string of the molecule is O=C([O-])[C@H](Cc1ccccc1)N1C(=O)/C(=C\c2ccc([N+](=O)[O-])cc2)SC1=S. The van der Waals surface area contributed by atoms with E-state index in [-0.39, 0.29) is 21.3 Å². The van der Waals surface area contributed by atoms with Gasteiger partial charge in [-0.3, -0.25) is 19.8 Å². The van der Waals surface area contributed by atoms with Crippen molar-refractivity contribution in [3.8, 4) is 0 Å². The maximum Gasteiger partial charge on any atom is 0.269 e. The zero-order chi connectivity index (χ0) is 20.3. The molecule has 2 aromatic carbocycles. The van der Waals surface area contributed by atoms with Crippen LogP contribution in [0.4, 0.5) is 5.69 Å². The van der Waals surface area contributed by atoms with Crippen molar-refractivity contribution in [1.82, 2.24) is 4.90 Å². The number of carbonyl (C=O) groups is 2. The van der Waals surface area contributed by atoms with Crippen molar-refractivity contribution in [2.45, 2.75) is 12.5 Å². The van der Waals surface area contributed by atoms with Crippen molar-refractivity contribution in [2.75, 3.05) is 0 Å². The molecule has 1 atom stereocenters. The molecule has 0 saturated carbocycles. The lowest BCUT2D eigenvalue weighted by atomic mass is 10.0. The van der Waals surface area contributed by atoms with Crippen molar-refractivity contribution in [1.29, 1.82) is 0 Å². The fourth-order valence-corrected chi connectivity index (χ4v) is 4.07. The Hall–Kier alpha value is -3.04. The van der Waals surface area contributed by atoms with Crippen molar-refractivity contribution < 1.29 is 19.6 Å². The number of hydrogen-bond acceptors (Lipinski definition) is 7. The van der Waals surface area contributed by atoms with Gasteiger partial charge in [0, 0.05) is 12.1 Å². The quantitative estimate of drug-likeness (QED) is 0.309. The lowest BCUT2D eigenvalue weighted by Gasteiger charge is -2.27. The minimum absolute atomic E-state index is 0.0652. The Balaban J connectivity index is 1.85. The number of aliphatic carboxylic acids is 1. The van der Waals surface area contributed by atoms with E-state index in [2.05, 4.69) is 0 Å². The van der Waals surface area contributed by atoms with Crippen LogP contribution in [0.5, 0.6) is 0 Å². The van der Waals surface area contributed by atoms with E-state index >= 15 is 0 Å². The zero-order valence-corrected chi connectivity index (χ0v) is 15.9. The van der Waals surface area contributed by atoms with Gasteiger partial charge in [0.1, 0.15) is 4.32 Å². The number of thiocarbonyl (C=S) groups is 1. The number of non-ortho nitro benzene ring substituents is 1. The van der Waals surface area contributed by atoms with E-state index in [1.807, 2.05) is 6.07 Å². The van der Waals surface area contributed by atoms with Crippen LogP contribution < -0.4 is 5.11 Å². The van der Waals surface area contributed by atoms with E-state index in [1.165, 1.54) is 30.3 Å². The van der Waals surface area contributed by atoms with Gasteiger partial charge in [-0.2, -0.15) is 0 Å². The average molecular weight is 413 g/mol. The molecule has 0 radical (unpaired) electrons. The Morgan fingerprint density at radius 2 is 1.82 bits per heavy atom. The highest BCUT2D eigenvalue weighted by Crippen LogP contribution is 2.34. The van der Waals surface area contributed by atoms with E-state index < -0.39 is 22.8 Å². The van der Waals surface area contributed by atoms with Crippen LogP contribution >= 0.6 is 24.0 Å². The normalized spacial score (nSPS) is 16.4. The van der Waals surface area contributed by atoms with Crippen molar-refractivity contribution in [3.05, 3.63) is 80.7 Å². The molecule has 0 spiro atoms. The molecule has 1 heterocycles. The minimum atomic E-state index is -1.39. The molecule has 1 amide bonds. The molecule has 1 saturated heterocycles. The van der Waals surface area contributed by atoms with E-state index in [9.17, 15) is 24.8 Å². The number of hydrogen-bond donors (Lipinski definition) is 0. The Bertz CT molecular complexity index is 974. The van der Waals surface area contributed by atoms with E-state index in [4.69, 9.17) is 12.2 Å². The van der Waals surface area contributed by atoms with Crippen LogP contribution in [0.15, 0.2) is 59.5 Å². The van der Waals surface area contributed by atoms with Gasteiger partial charge in [0.25, 0.3) is 11.6 Å². The number of benzene rings is 2. The number of nitro groups is 1. The molecule has 0 unspecified atom stereocenters. The summed E-state index contributed by atoms with van der Waals surface area (Å²) in [5.41, 5.74) is 1.24. The lowest BCUT2D eigenvalue weighted by molar-refractivity contribution is -0.384. The fourth-order valence-electron chi connectivity index (χ4n) is 2.71. The molecule has 1 aliphatic heterocycles. The van der Waals surface area contributed by atoms with Gasteiger partial charge in [-0.1, -0.05) is 54.3 Å². The third-order valence-electron chi connectivity index (χ3n) is 4.08. The number of nitro benzene ring substituents is 1. The van der Waals surface area contributed by atoms with Gasteiger partial charge in [0.15, 0.2) is 0 Å². The first kappa shape index (κ1) is 19.7. The number of thioether (sulfide) groups is 1. The highest BCUT2D eigenvalue weighted by atomic mass is 32.2. The maximum absolute atomic E-state index is 12.8. The molecule has 7 nitrogen and oxygen atoms in total. The van der Waals surface area contributed by atoms with Crippen LogP contribution in [0.2, 0.25) is 0 Å². The van der Waals surface area contributed by atoms with Crippen LogP contribution in [0.1, 0.15) is 11.1 Å². The topological polar surface area (TPSA) is 104 Å². The standard InChI is InChI=1S/C19H14N2O5S2/c22-17-16(11-13-6-8-14(9-7-13)21(25)26)28-19(27)20(17)15(18(23)24)10-12-4-2-1-3-5-12/h1-9,11,15H,10H2,(H,23,24)/p-1/b16-11+/t15-/m0/s1. The minimum Gasteiger partial charge on any atom is -0.548 e. The largest absolute Gasteiger partial charge is 0.548 e. The zero-order valence-electron chi connectivity index (χ0n) is 14.3. The van der Waals surface area contributed by atoms with Gasteiger partial charge < -0.3 is 9.90 Å². The molecule has 9 heteroatoms. The third-order valence-corrected chi connectivity index (χ3v) is 5.41. The molecule has 1 fully saturated rings. The van der Waals surface area contributed by atoms with Gasteiger partial charge in [0.2, 0.25) is 0 Å². The van der Waals surface area contributed by atoms with Gasteiger partial charge in [0.05, 0.1) is 21.8 Å². The Morgan fingerprint density at radius 3 is 2.39 bits per heavy atom. The molecule has 28 heavy (non-hydrogen) atoms. The summed E-state index contributed by atoms with van der Waals surface area (Å²) in [6.45, 7) is 0. The van der Waals surface area contributed by atoms with Crippen LogP contribution in [-0.4, -0.2) is 32.1 Å². The van der Waals surface area contributed by atoms with Crippen LogP contribution in [-0.2, 0) is 16.0 Å². The fraction of sp³-hybridized carbons (Fsp3) is 0.105. The molecule has 0 aliphatic carbocycles. The van der Waals surface area contributed by atoms with Gasteiger partial charge >= 0.3 is 0 Å². The summed E-state index contributed by atoms with van der Waals surface area (Å²) in [7, 11) is 0. The van der Waals surface area contributed by atoms with Crippen LogP contribution in [0.25, 0.3) is 6.08 Å². The average Bonchev–Trinajstić information content (AvgIpc) is 2.94. The molecule has 142 valence electrons. The Morgan fingerprint density at radius 1 is 1.18 bits per heavy atom. The van der Waals surface area contributed by atoms with Crippen LogP contribution in [0, 0.1) is 10.1 Å². The number of rotatable bonds is 6. The second kappa shape index (κ2) is 8.32. The lowest BCUT2D eigenvalue weighted by Crippen LogP contribution is -2.51. The van der Waals surface area contributed by atoms with Gasteiger partial charge in [-0.25, -0.2) is 0 Å². The summed E-state index contributed by atoms with van der Waals surface area (Å²) < 4.78 is 0.128. The molecule has 2 aromatic rings. The number of amides is 1. The Kier molecular flexibility index (Phi) is 5.86. The smallest absolute Gasteiger partial charge is 0.269 e. The summed E-state index contributed by atoms with van der Waals surface area (Å²) in [4.78, 5) is 36.0. The number of carbonyl (C=O) groups excluding carboxylic acids is 2. The molecular formula is C19H13N2O5S2-. The second-order valence-electron chi connectivity index (χ2n) is 5.92. The predicted molar refractivity (Wildman–Crippen MR) is 107 cm³/mol. The number of carboxylic acids is 1. The number of carboxylic acid groups (broad SMARTS) is 1. The summed E-state index contributed by atoms with van der Waals surface area (Å²) >= 11 is 6.21. The van der Waals surface area contributed by atoms with Gasteiger partial charge in [-0.05, 0) is 35.8 Å². The summed E-state index contributed by atoms with van der Waals surface area (Å²) in [5.74, 6) is -1.92. The first-order chi connectivity index (χ1) is 13.4. The van der Waals surface area contributed by atoms with E-state index in [1.54, 1.807) is 24.3 Å². The highest BCUT2D eigenvalue weighted by Gasteiger charge is 2.37.